The maximum absolute atomic E-state index is 12.3. The lowest BCUT2D eigenvalue weighted by Crippen LogP contribution is -2.29. The molecule has 1 aromatic rings. The smallest absolute Gasteiger partial charge is 0.385 e. The molecule has 0 heterocycles. The molecule has 112 valence electrons. The summed E-state index contributed by atoms with van der Waals surface area (Å²) < 4.78 is 59.4. The van der Waals surface area contributed by atoms with Crippen molar-refractivity contribution in [3.8, 4) is 0 Å². The number of anilines is 1. The lowest BCUT2D eigenvalue weighted by atomic mass is 9.85. The van der Waals surface area contributed by atoms with E-state index < -0.39 is 20.2 Å². The monoisotopic (exact) mass is 327 g/mol. The number of alkyl halides is 4. The van der Waals surface area contributed by atoms with Gasteiger partial charge in [0.05, 0.1) is 4.90 Å². The molecule has 2 rings (SSSR count). The number of rotatable bonds is 4. The lowest BCUT2D eigenvalue weighted by Gasteiger charge is -2.31. The minimum absolute atomic E-state index is 0.209. The highest BCUT2D eigenvalue weighted by atomic mass is 35.5. The normalized spacial score (nSPS) is 23.2. The van der Waals surface area contributed by atoms with Gasteiger partial charge in [-0.2, -0.15) is 13.2 Å². The maximum Gasteiger partial charge on any atom is 0.501 e. The number of nitrogens with one attached hydrogen (secondary N) is 1. The molecule has 0 aromatic heterocycles. The molecule has 8 heteroatoms. The number of hydrogen-bond acceptors (Lipinski definition) is 3. The predicted molar refractivity (Wildman–Crippen MR) is 70.5 cm³/mol. The third kappa shape index (κ3) is 3.20. The van der Waals surface area contributed by atoms with Crippen molar-refractivity contribution in [1.82, 2.24) is 0 Å². The quantitative estimate of drug-likeness (QED) is 0.862. The number of hydrogen-bond donors (Lipinski definition) is 1. The Balaban J connectivity index is 2.00. The van der Waals surface area contributed by atoms with E-state index in [1.165, 1.54) is 12.1 Å². The van der Waals surface area contributed by atoms with E-state index in [2.05, 4.69) is 5.32 Å². The summed E-state index contributed by atoms with van der Waals surface area (Å²) in [6, 6.07) is 4.57. The van der Waals surface area contributed by atoms with Gasteiger partial charge in [0.25, 0.3) is 9.84 Å². The summed E-state index contributed by atoms with van der Waals surface area (Å²) >= 11 is 5.84. The molecular weight excluding hydrogens is 315 g/mol. The zero-order valence-corrected chi connectivity index (χ0v) is 11.9. The van der Waals surface area contributed by atoms with Gasteiger partial charge in [0.1, 0.15) is 0 Å². The van der Waals surface area contributed by atoms with E-state index >= 15 is 0 Å². The van der Waals surface area contributed by atoms with Crippen LogP contribution in [-0.4, -0.2) is 25.8 Å². The SMILES string of the molecule is O=S(=O)(c1ccc(NCC2CC(Cl)C2)cc1)C(F)(F)F. The van der Waals surface area contributed by atoms with Gasteiger partial charge in [-0.3, -0.25) is 0 Å². The average molecular weight is 328 g/mol. The van der Waals surface area contributed by atoms with Crippen LogP contribution >= 0.6 is 11.6 Å². The molecule has 1 aliphatic rings. The number of halogens is 4. The first-order valence-electron chi connectivity index (χ1n) is 5.99. The van der Waals surface area contributed by atoms with Gasteiger partial charge in [0, 0.05) is 17.6 Å². The van der Waals surface area contributed by atoms with E-state index in [0.29, 0.717) is 18.2 Å². The Morgan fingerprint density at radius 1 is 1.20 bits per heavy atom. The molecule has 0 radical (unpaired) electrons. The second-order valence-corrected chi connectivity index (χ2v) is 7.35. The molecule has 20 heavy (non-hydrogen) atoms. The van der Waals surface area contributed by atoms with Crippen LogP contribution in [0.15, 0.2) is 29.2 Å². The van der Waals surface area contributed by atoms with Gasteiger partial charge in [0.15, 0.2) is 0 Å². The van der Waals surface area contributed by atoms with Crippen molar-refractivity contribution in [2.75, 3.05) is 11.9 Å². The zero-order chi connectivity index (χ0) is 15.0. The van der Waals surface area contributed by atoms with E-state index in [-0.39, 0.29) is 5.38 Å². The van der Waals surface area contributed by atoms with Crippen molar-refractivity contribution in [3.05, 3.63) is 24.3 Å². The molecule has 1 saturated carbocycles. The minimum atomic E-state index is -5.27. The van der Waals surface area contributed by atoms with Gasteiger partial charge in [-0.15, -0.1) is 11.6 Å². The highest BCUT2D eigenvalue weighted by Crippen LogP contribution is 2.33. The van der Waals surface area contributed by atoms with Crippen LogP contribution in [-0.2, 0) is 9.84 Å². The summed E-state index contributed by atoms with van der Waals surface area (Å²) in [5.41, 5.74) is -4.69. The van der Waals surface area contributed by atoms with Gasteiger partial charge >= 0.3 is 5.51 Å². The van der Waals surface area contributed by atoms with Crippen molar-refractivity contribution < 1.29 is 21.6 Å². The standard InChI is InChI=1S/C12H13ClF3NO2S/c13-9-5-8(6-9)7-17-10-1-3-11(4-2-10)20(18,19)12(14,15)16/h1-4,8-9,17H,5-7H2. The first-order chi connectivity index (χ1) is 9.20. The van der Waals surface area contributed by atoms with Gasteiger partial charge in [-0.1, -0.05) is 0 Å². The zero-order valence-electron chi connectivity index (χ0n) is 10.3. The molecule has 1 N–H and O–H groups in total. The molecule has 0 aliphatic heterocycles. The molecule has 3 nitrogen and oxygen atoms in total. The summed E-state index contributed by atoms with van der Waals surface area (Å²) in [7, 11) is -5.27. The first kappa shape index (κ1) is 15.4. The Labute approximate surface area is 120 Å². The van der Waals surface area contributed by atoms with Gasteiger partial charge < -0.3 is 5.32 Å². The summed E-state index contributed by atoms with van der Waals surface area (Å²) in [6.07, 6.45) is 1.82. The van der Waals surface area contributed by atoms with Crippen LogP contribution in [0.5, 0.6) is 0 Å². The molecular formula is C12H13ClF3NO2S. The molecule has 0 amide bonds. The fourth-order valence-electron chi connectivity index (χ4n) is 1.97. The topological polar surface area (TPSA) is 46.2 Å². The number of benzene rings is 1. The van der Waals surface area contributed by atoms with Crippen molar-refractivity contribution in [2.45, 2.75) is 28.6 Å². The molecule has 0 atom stereocenters. The van der Waals surface area contributed by atoms with Crippen molar-refractivity contribution in [3.63, 3.8) is 0 Å². The predicted octanol–water partition coefficient (Wildman–Crippen LogP) is 3.41. The molecule has 0 bridgehead atoms. The highest BCUT2D eigenvalue weighted by molar-refractivity contribution is 7.92. The van der Waals surface area contributed by atoms with Crippen LogP contribution in [0.2, 0.25) is 0 Å². The number of sulfone groups is 1. The third-order valence-electron chi connectivity index (χ3n) is 3.24. The van der Waals surface area contributed by atoms with Crippen LogP contribution < -0.4 is 5.32 Å². The molecule has 1 fully saturated rings. The molecule has 0 spiro atoms. The molecule has 0 saturated heterocycles. The van der Waals surface area contributed by atoms with Crippen LogP contribution in [0.4, 0.5) is 18.9 Å². The van der Waals surface area contributed by atoms with Crippen LogP contribution in [0.25, 0.3) is 0 Å². The Morgan fingerprint density at radius 2 is 1.75 bits per heavy atom. The average Bonchev–Trinajstić information content (AvgIpc) is 2.32. The van der Waals surface area contributed by atoms with E-state index in [1.54, 1.807) is 0 Å². The third-order valence-corrected chi connectivity index (χ3v) is 5.10. The van der Waals surface area contributed by atoms with Gasteiger partial charge in [-0.05, 0) is 43.0 Å². The largest absolute Gasteiger partial charge is 0.501 e. The van der Waals surface area contributed by atoms with E-state index in [1.807, 2.05) is 0 Å². The summed E-state index contributed by atoms with van der Waals surface area (Å²) in [5, 5.41) is 3.26. The van der Waals surface area contributed by atoms with E-state index in [9.17, 15) is 21.6 Å². The molecule has 1 aliphatic carbocycles. The summed E-state index contributed by atoms with van der Waals surface area (Å²) in [6.45, 7) is 0.675. The van der Waals surface area contributed by atoms with Crippen molar-refractivity contribution >= 4 is 27.1 Å². The van der Waals surface area contributed by atoms with Crippen LogP contribution in [0.1, 0.15) is 12.8 Å². The minimum Gasteiger partial charge on any atom is -0.385 e. The van der Waals surface area contributed by atoms with E-state index in [0.717, 1.165) is 25.0 Å². The highest BCUT2D eigenvalue weighted by Gasteiger charge is 2.46. The van der Waals surface area contributed by atoms with Gasteiger partial charge in [0.2, 0.25) is 0 Å². The van der Waals surface area contributed by atoms with Crippen molar-refractivity contribution in [1.29, 1.82) is 0 Å². The fraction of sp³-hybridized carbons (Fsp3) is 0.500. The van der Waals surface area contributed by atoms with Gasteiger partial charge in [-0.25, -0.2) is 8.42 Å². The Bertz CT molecular complexity index is 565. The molecule has 0 unspecified atom stereocenters. The Kier molecular flexibility index (Phi) is 4.20. The molecule has 1 aromatic carbocycles. The Morgan fingerprint density at radius 3 is 2.20 bits per heavy atom. The van der Waals surface area contributed by atoms with Crippen LogP contribution in [0.3, 0.4) is 0 Å². The second kappa shape index (κ2) is 5.44. The summed E-state index contributed by atoms with van der Waals surface area (Å²) in [4.78, 5) is -0.750. The van der Waals surface area contributed by atoms with E-state index in [4.69, 9.17) is 11.6 Å². The fourth-order valence-corrected chi connectivity index (χ4v) is 3.23. The lowest BCUT2D eigenvalue weighted by molar-refractivity contribution is -0.0436. The summed E-state index contributed by atoms with van der Waals surface area (Å²) in [5.74, 6) is 0.455. The second-order valence-electron chi connectivity index (χ2n) is 4.79. The van der Waals surface area contributed by atoms with Crippen molar-refractivity contribution in [2.24, 2.45) is 5.92 Å². The Hall–Kier alpha value is -0.950. The first-order valence-corrected chi connectivity index (χ1v) is 7.91. The van der Waals surface area contributed by atoms with Crippen LogP contribution in [0, 0.1) is 5.92 Å². The maximum atomic E-state index is 12.3.